The molecule has 2 N–H and O–H groups in total. The summed E-state index contributed by atoms with van der Waals surface area (Å²) in [5.41, 5.74) is 7.28. The van der Waals surface area contributed by atoms with Crippen molar-refractivity contribution in [1.82, 2.24) is 0 Å². The van der Waals surface area contributed by atoms with Crippen LogP contribution in [0.2, 0.25) is 5.02 Å². The van der Waals surface area contributed by atoms with Crippen LogP contribution in [0.1, 0.15) is 17.2 Å². The number of hydrogen-bond acceptors (Lipinski definition) is 1. The quantitative estimate of drug-likeness (QED) is 0.865. The Labute approximate surface area is 117 Å². The van der Waals surface area contributed by atoms with Crippen LogP contribution in [0.15, 0.2) is 40.9 Å². The molecule has 0 spiro atoms. The minimum atomic E-state index is -0.909. The average Bonchev–Trinajstić information content (AvgIpc) is 2.32. The summed E-state index contributed by atoms with van der Waals surface area (Å²) in [5, 5.41) is 0.572. The highest BCUT2D eigenvalue weighted by atomic mass is 79.9. The first-order chi connectivity index (χ1) is 8.49. The molecule has 18 heavy (non-hydrogen) atoms. The first kappa shape index (κ1) is 13.5. The van der Waals surface area contributed by atoms with Crippen molar-refractivity contribution in [2.75, 3.05) is 0 Å². The van der Waals surface area contributed by atoms with Gasteiger partial charge in [-0.05, 0) is 35.4 Å². The molecule has 0 aliphatic heterocycles. The van der Waals surface area contributed by atoms with Gasteiger partial charge in [-0.15, -0.1) is 0 Å². The predicted molar refractivity (Wildman–Crippen MR) is 71.5 cm³/mol. The largest absolute Gasteiger partial charge is 0.320 e. The molecule has 1 atom stereocenters. The van der Waals surface area contributed by atoms with Crippen LogP contribution < -0.4 is 5.73 Å². The lowest BCUT2D eigenvalue weighted by Gasteiger charge is -2.14. The SMILES string of the molecule is NC(c1ccc(F)c(F)c1)c1ccc(Cl)cc1Br. The van der Waals surface area contributed by atoms with Gasteiger partial charge in [0.2, 0.25) is 0 Å². The van der Waals surface area contributed by atoms with Crippen molar-refractivity contribution in [2.45, 2.75) is 6.04 Å². The molecule has 5 heteroatoms. The number of hydrogen-bond donors (Lipinski definition) is 1. The molecule has 0 bridgehead atoms. The zero-order valence-corrected chi connectivity index (χ0v) is 11.5. The molecule has 0 aliphatic rings. The average molecular weight is 333 g/mol. The van der Waals surface area contributed by atoms with Gasteiger partial charge in [-0.1, -0.05) is 39.7 Å². The predicted octanol–water partition coefficient (Wildman–Crippen LogP) is 4.43. The second kappa shape index (κ2) is 5.34. The molecular formula is C13H9BrClF2N. The van der Waals surface area contributed by atoms with Crippen molar-refractivity contribution in [3.63, 3.8) is 0 Å². The van der Waals surface area contributed by atoms with Gasteiger partial charge in [0.25, 0.3) is 0 Å². The van der Waals surface area contributed by atoms with Gasteiger partial charge in [0.15, 0.2) is 11.6 Å². The maximum atomic E-state index is 13.2. The molecule has 0 aliphatic carbocycles. The summed E-state index contributed by atoms with van der Waals surface area (Å²) in [5.74, 6) is -1.80. The molecule has 0 radical (unpaired) electrons. The fourth-order valence-corrected chi connectivity index (χ4v) is 2.57. The summed E-state index contributed by atoms with van der Waals surface area (Å²) < 4.78 is 26.7. The monoisotopic (exact) mass is 331 g/mol. The Morgan fingerprint density at radius 2 is 1.78 bits per heavy atom. The van der Waals surface area contributed by atoms with Gasteiger partial charge in [-0.3, -0.25) is 0 Å². The highest BCUT2D eigenvalue weighted by Gasteiger charge is 2.14. The molecule has 2 aromatic rings. The van der Waals surface area contributed by atoms with Crippen molar-refractivity contribution in [1.29, 1.82) is 0 Å². The Hall–Kier alpha value is -0.970. The minimum Gasteiger partial charge on any atom is -0.320 e. The van der Waals surface area contributed by atoms with Crippen molar-refractivity contribution in [3.8, 4) is 0 Å². The van der Waals surface area contributed by atoms with Gasteiger partial charge >= 0.3 is 0 Å². The van der Waals surface area contributed by atoms with Crippen LogP contribution in [0, 0.1) is 11.6 Å². The van der Waals surface area contributed by atoms with Gasteiger partial charge in [0.05, 0.1) is 6.04 Å². The van der Waals surface area contributed by atoms with Gasteiger partial charge < -0.3 is 5.73 Å². The lowest BCUT2D eigenvalue weighted by Crippen LogP contribution is -2.13. The number of halogens is 4. The van der Waals surface area contributed by atoms with Gasteiger partial charge in [-0.2, -0.15) is 0 Å². The van der Waals surface area contributed by atoms with Crippen LogP contribution in [0.5, 0.6) is 0 Å². The van der Waals surface area contributed by atoms with Crippen LogP contribution in [-0.2, 0) is 0 Å². The molecule has 2 rings (SSSR count). The van der Waals surface area contributed by atoms with E-state index in [1.54, 1.807) is 18.2 Å². The molecule has 1 unspecified atom stereocenters. The number of nitrogens with two attached hydrogens (primary N) is 1. The maximum Gasteiger partial charge on any atom is 0.159 e. The maximum absolute atomic E-state index is 13.2. The topological polar surface area (TPSA) is 26.0 Å². The van der Waals surface area contributed by atoms with Crippen LogP contribution in [0.4, 0.5) is 8.78 Å². The summed E-state index contributed by atoms with van der Waals surface area (Å²) in [4.78, 5) is 0. The minimum absolute atomic E-state index is 0.497. The first-order valence-electron chi connectivity index (χ1n) is 5.14. The molecule has 94 valence electrons. The second-order valence-electron chi connectivity index (χ2n) is 3.82. The van der Waals surface area contributed by atoms with E-state index in [4.69, 9.17) is 17.3 Å². The van der Waals surface area contributed by atoms with E-state index in [-0.39, 0.29) is 0 Å². The summed E-state index contributed by atoms with van der Waals surface area (Å²) >= 11 is 9.18. The number of rotatable bonds is 2. The van der Waals surface area contributed by atoms with Gasteiger partial charge in [0, 0.05) is 9.50 Å². The zero-order chi connectivity index (χ0) is 13.3. The van der Waals surface area contributed by atoms with Gasteiger partial charge in [-0.25, -0.2) is 8.78 Å². The lowest BCUT2D eigenvalue weighted by molar-refractivity contribution is 0.506. The second-order valence-corrected chi connectivity index (χ2v) is 5.11. The molecule has 0 amide bonds. The Balaban J connectivity index is 2.41. The van der Waals surface area contributed by atoms with Crippen molar-refractivity contribution < 1.29 is 8.78 Å². The van der Waals surface area contributed by atoms with E-state index in [0.29, 0.717) is 10.6 Å². The summed E-state index contributed by atoms with van der Waals surface area (Å²) in [7, 11) is 0. The van der Waals surface area contributed by atoms with E-state index < -0.39 is 17.7 Å². The lowest BCUT2D eigenvalue weighted by atomic mass is 9.99. The summed E-state index contributed by atoms with van der Waals surface area (Å²) in [6.45, 7) is 0. The van der Waals surface area contributed by atoms with E-state index in [0.717, 1.165) is 22.2 Å². The van der Waals surface area contributed by atoms with Crippen molar-refractivity contribution in [3.05, 3.63) is 68.7 Å². The molecule has 1 nitrogen and oxygen atoms in total. The molecular weight excluding hydrogens is 324 g/mol. The third kappa shape index (κ3) is 2.71. The summed E-state index contributed by atoms with van der Waals surface area (Å²) in [6.07, 6.45) is 0. The Morgan fingerprint density at radius 1 is 1.06 bits per heavy atom. The molecule has 0 saturated carbocycles. The summed E-state index contributed by atoms with van der Waals surface area (Å²) in [6, 6.07) is 8.22. The van der Waals surface area contributed by atoms with Crippen molar-refractivity contribution in [2.24, 2.45) is 5.73 Å². The number of benzene rings is 2. The third-order valence-electron chi connectivity index (χ3n) is 2.60. The van der Waals surface area contributed by atoms with Crippen molar-refractivity contribution >= 4 is 27.5 Å². The van der Waals surface area contributed by atoms with Crippen LogP contribution in [0.25, 0.3) is 0 Å². The van der Waals surface area contributed by atoms with E-state index in [1.165, 1.54) is 6.07 Å². The van der Waals surface area contributed by atoms with Gasteiger partial charge in [0.1, 0.15) is 0 Å². The van der Waals surface area contributed by atoms with E-state index >= 15 is 0 Å². The van der Waals surface area contributed by atoms with E-state index in [2.05, 4.69) is 15.9 Å². The smallest absolute Gasteiger partial charge is 0.159 e. The Morgan fingerprint density at radius 3 is 2.39 bits per heavy atom. The third-order valence-corrected chi connectivity index (χ3v) is 3.52. The van der Waals surface area contributed by atoms with Crippen LogP contribution in [0.3, 0.4) is 0 Å². The fourth-order valence-electron chi connectivity index (χ4n) is 1.64. The van der Waals surface area contributed by atoms with Crippen LogP contribution >= 0.6 is 27.5 Å². The fraction of sp³-hybridized carbons (Fsp3) is 0.0769. The molecule has 2 aromatic carbocycles. The molecule has 0 heterocycles. The van der Waals surface area contributed by atoms with E-state index in [1.807, 2.05) is 0 Å². The first-order valence-corrected chi connectivity index (χ1v) is 6.31. The molecule has 0 aromatic heterocycles. The Bertz CT molecular complexity index is 589. The Kier molecular flexibility index (Phi) is 4.00. The standard InChI is InChI=1S/C13H9BrClF2N/c14-10-6-8(15)2-3-9(10)13(18)7-1-4-11(16)12(17)5-7/h1-6,13H,18H2. The van der Waals surface area contributed by atoms with E-state index in [9.17, 15) is 8.78 Å². The normalized spacial score (nSPS) is 12.5. The zero-order valence-electron chi connectivity index (χ0n) is 9.13. The highest BCUT2D eigenvalue weighted by Crippen LogP contribution is 2.29. The molecule has 0 saturated heterocycles. The highest BCUT2D eigenvalue weighted by molar-refractivity contribution is 9.10. The molecule has 0 fully saturated rings. The van der Waals surface area contributed by atoms with Crippen LogP contribution in [-0.4, -0.2) is 0 Å².